The van der Waals surface area contributed by atoms with Crippen molar-refractivity contribution in [1.82, 2.24) is 9.47 Å². The third kappa shape index (κ3) is 6.03. The van der Waals surface area contributed by atoms with Crippen LogP contribution in [-0.2, 0) is 17.8 Å². The number of rotatable bonds is 10. The summed E-state index contributed by atoms with van der Waals surface area (Å²) in [5, 5.41) is 1.39. The van der Waals surface area contributed by atoms with Crippen molar-refractivity contribution >= 4 is 22.7 Å². The Kier molecular flexibility index (Phi) is 8.84. The van der Waals surface area contributed by atoms with Crippen LogP contribution in [0.5, 0.6) is 5.75 Å². The summed E-state index contributed by atoms with van der Waals surface area (Å²) in [6.45, 7) is 7.67. The molecule has 178 valence electrons. The van der Waals surface area contributed by atoms with Gasteiger partial charge in [-0.1, -0.05) is 39.0 Å². The highest BCUT2D eigenvalue weighted by atomic mass is 32.2. The summed E-state index contributed by atoms with van der Waals surface area (Å²) in [6.07, 6.45) is 15.2. The summed E-state index contributed by atoms with van der Waals surface area (Å²) >= 11 is 2.07. The van der Waals surface area contributed by atoms with Crippen LogP contribution in [0.15, 0.2) is 24.4 Å². The maximum Gasteiger partial charge on any atom is 0.120 e. The highest BCUT2D eigenvalue weighted by Crippen LogP contribution is 2.40. The zero-order valence-corrected chi connectivity index (χ0v) is 21.1. The van der Waals surface area contributed by atoms with Crippen LogP contribution >= 0.6 is 11.8 Å². The smallest absolute Gasteiger partial charge is 0.120 e. The average Bonchev–Trinajstić information content (AvgIpc) is 3.04. The number of unbranched alkanes of at least 4 members (excludes halogenated alkanes) is 5. The van der Waals surface area contributed by atoms with Crippen molar-refractivity contribution in [3.63, 3.8) is 0 Å². The number of methoxy groups -OCH3 is 1. The fourth-order valence-electron chi connectivity index (χ4n) is 5.29. The summed E-state index contributed by atoms with van der Waals surface area (Å²) in [6, 6.07) is 6.60. The first-order valence-corrected chi connectivity index (χ1v) is 13.9. The fraction of sp³-hybridized carbons (Fsp3) is 0.704. The van der Waals surface area contributed by atoms with Crippen LogP contribution in [0.25, 0.3) is 10.9 Å². The minimum atomic E-state index is 0.0894. The number of hydrogen-bond donors (Lipinski definition) is 0. The number of ether oxygens (including phenoxy) is 2. The van der Waals surface area contributed by atoms with Crippen molar-refractivity contribution in [3.8, 4) is 5.75 Å². The van der Waals surface area contributed by atoms with E-state index in [4.69, 9.17) is 9.47 Å². The van der Waals surface area contributed by atoms with Gasteiger partial charge in [-0.3, -0.25) is 4.90 Å². The van der Waals surface area contributed by atoms with Crippen molar-refractivity contribution in [1.29, 1.82) is 0 Å². The first kappa shape index (κ1) is 24.0. The van der Waals surface area contributed by atoms with Crippen LogP contribution in [0.1, 0.15) is 76.7 Å². The molecule has 1 aromatic carbocycles. The fourth-order valence-corrected chi connectivity index (χ4v) is 6.62. The molecule has 1 unspecified atom stereocenters. The quantitative estimate of drug-likeness (QED) is 0.364. The third-order valence-electron chi connectivity index (χ3n) is 7.18. The Morgan fingerprint density at radius 2 is 1.94 bits per heavy atom. The first-order chi connectivity index (χ1) is 15.7. The van der Waals surface area contributed by atoms with Gasteiger partial charge in [0.2, 0.25) is 0 Å². The maximum atomic E-state index is 6.28. The SMILES string of the molecule is CCCCCCCCn1cc(CN2CCCC3(CC2)OCCCS3)c2ccc(OC)cc21. The van der Waals surface area contributed by atoms with E-state index in [0.29, 0.717) is 0 Å². The molecule has 2 fully saturated rings. The molecule has 0 aliphatic carbocycles. The Labute approximate surface area is 199 Å². The zero-order chi connectivity index (χ0) is 22.2. The van der Waals surface area contributed by atoms with E-state index in [2.05, 4.69) is 52.5 Å². The molecule has 1 aromatic heterocycles. The van der Waals surface area contributed by atoms with Crippen molar-refractivity contribution in [2.24, 2.45) is 0 Å². The molecule has 4 rings (SSSR count). The standard InChI is InChI=1S/C27H42N2O2S/c1-3-4-5-6-7-8-16-29-22-23(25-12-11-24(30-2)20-26(25)29)21-28-15-9-13-27(14-17-28)31-18-10-19-32-27/h11-12,20,22H,3-10,13-19,21H2,1-2H3. The number of fused-ring (bicyclic) bond motifs is 1. The summed E-state index contributed by atoms with van der Waals surface area (Å²) in [5.41, 5.74) is 2.78. The van der Waals surface area contributed by atoms with Crippen LogP contribution in [0.4, 0.5) is 0 Å². The largest absolute Gasteiger partial charge is 0.497 e. The highest BCUT2D eigenvalue weighted by Gasteiger charge is 2.36. The molecule has 1 spiro atoms. The van der Waals surface area contributed by atoms with Gasteiger partial charge in [0.1, 0.15) is 10.7 Å². The predicted molar refractivity (Wildman–Crippen MR) is 137 cm³/mol. The topological polar surface area (TPSA) is 26.6 Å². The molecule has 0 radical (unpaired) electrons. The molecule has 32 heavy (non-hydrogen) atoms. The van der Waals surface area contributed by atoms with Crippen molar-refractivity contribution < 1.29 is 9.47 Å². The Bertz CT molecular complexity index is 844. The number of aromatic nitrogens is 1. The summed E-state index contributed by atoms with van der Waals surface area (Å²) in [7, 11) is 1.77. The minimum absolute atomic E-state index is 0.0894. The average molecular weight is 459 g/mol. The number of benzene rings is 1. The highest BCUT2D eigenvalue weighted by molar-refractivity contribution is 8.00. The second-order valence-corrected chi connectivity index (χ2v) is 11.0. The van der Waals surface area contributed by atoms with Crippen LogP contribution in [0.2, 0.25) is 0 Å². The van der Waals surface area contributed by atoms with E-state index in [9.17, 15) is 0 Å². The Morgan fingerprint density at radius 3 is 2.75 bits per heavy atom. The Morgan fingerprint density at radius 1 is 1.06 bits per heavy atom. The van der Waals surface area contributed by atoms with E-state index in [0.717, 1.165) is 38.4 Å². The van der Waals surface area contributed by atoms with Gasteiger partial charge in [-0.15, -0.1) is 11.8 Å². The second-order valence-electron chi connectivity index (χ2n) is 9.59. The van der Waals surface area contributed by atoms with Crippen molar-refractivity contribution in [2.75, 3.05) is 32.6 Å². The second kappa shape index (κ2) is 11.8. The molecule has 2 aliphatic heterocycles. The number of aryl methyl sites for hydroxylation is 1. The molecule has 1 atom stereocenters. The molecule has 3 heterocycles. The normalized spacial score (nSPS) is 22.4. The van der Waals surface area contributed by atoms with Crippen LogP contribution in [0.3, 0.4) is 0 Å². The lowest BCUT2D eigenvalue weighted by molar-refractivity contribution is 0.00930. The zero-order valence-electron chi connectivity index (χ0n) is 20.2. The summed E-state index contributed by atoms with van der Waals surface area (Å²) in [4.78, 5) is 2.74. The van der Waals surface area contributed by atoms with E-state index >= 15 is 0 Å². The van der Waals surface area contributed by atoms with E-state index in [-0.39, 0.29) is 4.93 Å². The van der Waals surface area contributed by atoms with Gasteiger partial charge in [0.05, 0.1) is 12.6 Å². The molecule has 0 bridgehead atoms. The van der Waals surface area contributed by atoms with Gasteiger partial charge >= 0.3 is 0 Å². The Balaban J connectivity index is 1.43. The van der Waals surface area contributed by atoms with Gasteiger partial charge in [-0.25, -0.2) is 0 Å². The summed E-state index contributed by atoms with van der Waals surface area (Å²) in [5.74, 6) is 2.21. The number of thioether (sulfide) groups is 1. The van der Waals surface area contributed by atoms with Gasteiger partial charge in [-0.2, -0.15) is 0 Å². The molecular weight excluding hydrogens is 416 g/mol. The maximum absolute atomic E-state index is 6.28. The lowest BCUT2D eigenvalue weighted by Crippen LogP contribution is -2.34. The lowest BCUT2D eigenvalue weighted by atomic mass is 10.1. The van der Waals surface area contributed by atoms with E-state index in [1.807, 2.05) is 0 Å². The number of likely N-dealkylation sites (tertiary alicyclic amines) is 1. The van der Waals surface area contributed by atoms with Crippen molar-refractivity contribution in [3.05, 3.63) is 30.0 Å². The predicted octanol–water partition coefficient (Wildman–Crippen LogP) is 6.85. The molecule has 2 saturated heterocycles. The van der Waals surface area contributed by atoms with Gasteiger partial charge < -0.3 is 14.0 Å². The van der Waals surface area contributed by atoms with Gasteiger partial charge in [0.25, 0.3) is 0 Å². The monoisotopic (exact) mass is 458 g/mol. The molecule has 4 nitrogen and oxygen atoms in total. The first-order valence-electron chi connectivity index (χ1n) is 12.9. The molecule has 0 saturated carbocycles. The minimum Gasteiger partial charge on any atom is -0.497 e. The van der Waals surface area contributed by atoms with Crippen LogP contribution < -0.4 is 4.74 Å². The van der Waals surface area contributed by atoms with Crippen LogP contribution in [0, 0.1) is 0 Å². The van der Waals surface area contributed by atoms with Crippen LogP contribution in [-0.4, -0.2) is 47.0 Å². The molecule has 5 heteroatoms. The van der Waals surface area contributed by atoms with Gasteiger partial charge in [-0.05, 0) is 62.1 Å². The lowest BCUT2D eigenvalue weighted by Gasteiger charge is -2.36. The van der Waals surface area contributed by atoms with E-state index in [1.165, 1.54) is 86.6 Å². The molecule has 2 aromatic rings. The number of nitrogens with zero attached hydrogens (tertiary/aromatic N) is 2. The molecule has 2 aliphatic rings. The molecular formula is C27H42N2O2S. The number of hydrogen-bond acceptors (Lipinski definition) is 4. The van der Waals surface area contributed by atoms with Gasteiger partial charge in [0.15, 0.2) is 0 Å². The van der Waals surface area contributed by atoms with E-state index < -0.39 is 0 Å². The molecule has 0 amide bonds. The third-order valence-corrected chi connectivity index (χ3v) is 8.72. The van der Waals surface area contributed by atoms with Gasteiger partial charge in [0, 0.05) is 43.9 Å². The Hall–Kier alpha value is -1.17. The summed E-state index contributed by atoms with van der Waals surface area (Å²) < 4.78 is 14.3. The van der Waals surface area contributed by atoms with E-state index in [1.54, 1.807) is 7.11 Å². The molecule has 0 N–H and O–H groups in total. The van der Waals surface area contributed by atoms with Crippen molar-refractivity contribution in [2.45, 2.75) is 89.2 Å².